The minimum Gasteiger partial charge on any atom is -0.399 e. The summed E-state index contributed by atoms with van der Waals surface area (Å²) in [6.45, 7) is 3.30. The molecule has 1 aromatic rings. The Hall–Kier alpha value is -1.62. The number of halogens is 1. The number of carbonyl (C=O) groups is 1. The minimum atomic E-state index is -0.519. The molecule has 0 unspecified atom stereocenters. The Morgan fingerprint density at radius 3 is 2.88 bits per heavy atom. The van der Waals surface area contributed by atoms with Crippen LogP contribution in [0, 0.1) is 5.82 Å². The van der Waals surface area contributed by atoms with Gasteiger partial charge >= 0.3 is 0 Å². The van der Waals surface area contributed by atoms with Gasteiger partial charge in [-0.3, -0.25) is 4.79 Å². The van der Waals surface area contributed by atoms with E-state index in [2.05, 4.69) is 5.32 Å². The Morgan fingerprint density at radius 2 is 2.25 bits per heavy atom. The lowest BCUT2D eigenvalue weighted by molar-refractivity contribution is 0.0922. The molecule has 1 rings (SSSR count). The predicted octanol–water partition coefficient (Wildman–Crippen LogP) is 1.17. The number of benzene rings is 1. The average molecular weight is 226 g/mol. The summed E-state index contributed by atoms with van der Waals surface area (Å²) in [4.78, 5) is 11.5. The monoisotopic (exact) mass is 226 g/mol. The molecule has 0 radical (unpaired) electrons. The van der Waals surface area contributed by atoms with Crippen LogP contribution in [0.1, 0.15) is 17.3 Å². The van der Waals surface area contributed by atoms with Gasteiger partial charge in [0.2, 0.25) is 0 Å². The van der Waals surface area contributed by atoms with Crippen LogP contribution in [0.25, 0.3) is 0 Å². The van der Waals surface area contributed by atoms with Crippen LogP contribution < -0.4 is 11.1 Å². The standard InChI is InChI=1S/C11H15FN2O2/c1-2-16-4-3-14-11(15)8-5-9(12)7-10(13)6-8/h5-7H,2-4,13H2,1H3,(H,14,15). The van der Waals surface area contributed by atoms with E-state index in [4.69, 9.17) is 10.5 Å². The molecule has 0 aromatic heterocycles. The molecule has 0 saturated heterocycles. The van der Waals surface area contributed by atoms with Gasteiger partial charge in [-0.2, -0.15) is 0 Å². The minimum absolute atomic E-state index is 0.217. The highest BCUT2D eigenvalue weighted by Crippen LogP contribution is 2.10. The number of carbonyl (C=O) groups excluding carboxylic acids is 1. The molecule has 4 nitrogen and oxygen atoms in total. The number of nitrogen functional groups attached to an aromatic ring is 1. The molecule has 3 N–H and O–H groups in total. The molecule has 1 amide bonds. The van der Waals surface area contributed by atoms with E-state index in [9.17, 15) is 9.18 Å². The molecule has 0 aliphatic carbocycles. The summed E-state index contributed by atoms with van der Waals surface area (Å²) in [5, 5.41) is 2.60. The molecule has 88 valence electrons. The number of amides is 1. The maximum absolute atomic E-state index is 12.9. The Kier molecular flexibility index (Phi) is 4.72. The Labute approximate surface area is 93.6 Å². The molecule has 1 aromatic carbocycles. The first-order chi connectivity index (χ1) is 7.63. The zero-order valence-corrected chi connectivity index (χ0v) is 9.13. The van der Waals surface area contributed by atoms with E-state index in [1.54, 1.807) is 0 Å². The number of anilines is 1. The van der Waals surface area contributed by atoms with Crippen molar-refractivity contribution >= 4 is 11.6 Å². The first-order valence-corrected chi connectivity index (χ1v) is 5.05. The zero-order valence-electron chi connectivity index (χ0n) is 9.13. The van der Waals surface area contributed by atoms with Gasteiger partial charge in [-0.15, -0.1) is 0 Å². The van der Waals surface area contributed by atoms with Crippen LogP contribution in [-0.2, 0) is 4.74 Å². The average Bonchev–Trinajstić information content (AvgIpc) is 2.22. The summed E-state index contributed by atoms with van der Waals surface area (Å²) in [6, 6.07) is 3.74. The van der Waals surface area contributed by atoms with Gasteiger partial charge in [0.05, 0.1) is 6.61 Å². The van der Waals surface area contributed by atoms with Crippen molar-refractivity contribution in [1.82, 2.24) is 5.32 Å². The van der Waals surface area contributed by atoms with E-state index in [-0.39, 0.29) is 17.2 Å². The molecule has 0 bridgehead atoms. The third-order valence-electron chi connectivity index (χ3n) is 1.92. The maximum Gasteiger partial charge on any atom is 0.251 e. The fourth-order valence-corrected chi connectivity index (χ4v) is 1.23. The number of nitrogens with two attached hydrogens (primary N) is 1. The number of nitrogens with one attached hydrogen (secondary N) is 1. The number of rotatable bonds is 5. The van der Waals surface area contributed by atoms with Crippen molar-refractivity contribution in [2.45, 2.75) is 6.92 Å². The highest BCUT2D eigenvalue weighted by Gasteiger charge is 2.07. The fourth-order valence-electron chi connectivity index (χ4n) is 1.23. The van der Waals surface area contributed by atoms with Crippen molar-refractivity contribution in [3.63, 3.8) is 0 Å². The molecular formula is C11H15FN2O2. The molecule has 0 spiro atoms. The maximum atomic E-state index is 12.9. The SMILES string of the molecule is CCOCCNC(=O)c1cc(N)cc(F)c1. The number of ether oxygens (including phenoxy) is 1. The lowest BCUT2D eigenvalue weighted by Crippen LogP contribution is -2.27. The van der Waals surface area contributed by atoms with Crippen LogP contribution >= 0.6 is 0 Å². The molecule has 0 aliphatic heterocycles. The lowest BCUT2D eigenvalue weighted by atomic mass is 10.2. The van der Waals surface area contributed by atoms with Gasteiger partial charge in [-0.05, 0) is 25.1 Å². The van der Waals surface area contributed by atoms with Crippen LogP contribution in [0.5, 0.6) is 0 Å². The number of hydrogen-bond acceptors (Lipinski definition) is 3. The first-order valence-electron chi connectivity index (χ1n) is 5.05. The van der Waals surface area contributed by atoms with E-state index in [0.717, 1.165) is 12.1 Å². The van der Waals surface area contributed by atoms with Crippen LogP contribution in [0.3, 0.4) is 0 Å². The van der Waals surface area contributed by atoms with E-state index in [1.807, 2.05) is 6.92 Å². The molecule has 0 saturated carbocycles. The second-order valence-corrected chi connectivity index (χ2v) is 3.23. The summed E-state index contributed by atoms with van der Waals surface area (Å²) >= 11 is 0. The summed E-state index contributed by atoms with van der Waals surface area (Å²) in [6.07, 6.45) is 0. The molecular weight excluding hydrogens is 211 g/mol. The van der Waals surface area contributed by atoms with Crippen molar-refractivity contribution in [2.75, 3.05) is 25.5 Å². The van der Waals surface area contributed by atoms with Crippen LogP contribution in [0.2, 0.25) is 0 Å². The summed E-state index contributed by atoms with van der Waals surface area (Å²) in [5.74, 6) is -0.874. The van der Waals surface area contributed by atoms with Crippen LogP contribution in [0.4, 0.5) is 10.1 Å². The Morgan fingerprint density at radius 1 is 1.50 bits per heavy atom. The van der Waals surface area contributed by atoms with Gasteiger partial charge in [0.15, 0.2) is 0 Å². The topological polar surface area (TPSA) is 64.3 Å². The Balaban J connectivity index is 2.52. The summed E-state index contributed by atoms with van der Waals surface area (Å²) in [5.41, 5.74) is 5.88. The van der Waals surface area contributed by atoms with Crippen molar-refractivity contribution in [1.29, 1.82) is 0 Å². The third kappa shape index (κ3) is 3.86. The number of hydrogen-bond donors (Lipinski definition) is 2. The van der Waals surface area contributed by atoms with Gasteiger partial charge in [0.1, 0.15) is 5.82 Å². The van der Waals surface area contributed by atoms with Gasteiger partial charge in [-0.1, -0.05) is 0 Å². The normalized spacial score (nSPS) is 10.1. The molecule has 0 atom stereocenters. The van der Waals surface area contributed by atoms with Gasteiger partial charge in [-0.25, -0.2) is 4.39 Å². The second-order valence-electron chi connectivity index (χ2n) is 3.23. The van der Waals surface area contributed by atoms with E-state index in [1.165, 1.54) is 6.07 Å². The lowest BCUT2D eigenvalue weighted by Gasteiger charge is -2.06. The quantitative estimate of drug-likeness (QED) is 0.585. The highest BCUT2D eigenvalue weighted by molar-refractivity contribution is 5.95. The smallest absolute Gasteiger partial charge is 0.251 e. The van der Waals surface area contributed by atoms with Crippen molar-refractivity contribution in [2.24, 2.45) is 0 Å². The predicted molar refractivity (Wildman–Crippen MR) is 59.6 cm³/mol. The van der Waals surface area contributed by atoms with Crippen molar-refractivity contribution in [3.8, 4) is 0 Å². The largest absolute Gasteiger partial charge is 0.399 e. The molecule has 0 aliphatic rings. The van der Waals surface area contributed by atoms with Crippen molar-refractivity contribution < 1.29 is 13.9 Å². The van der Waals surface area contributed by atoms with E-state index >= 15 is 0 Å². The van der Waals surface area contributed by atoms with Gasteiger partial charge in [0.25, 0.3) is 5.91 Å². The van der Waals surface area contributed by atoms with E-state index < -0.39 is 5.82 Å². The second kappa shape index (κ2) is 6.07. The Bertz CT molecular complexity index is 349. The van der Waals surface area contributed by atoms with Gasteiger partial charge < -0.3 is 15.8 Å². The molecule has 16 heavy (non-hydrogen) atoms. The third-order valence-corrected chi connectivity index (χ3v) is 1.92. The van der Waals surface area contributed by atoms with E-state index in [0.29, 0.717) is 19.8 Å². The summed E-state index contributed by atoms with van der Waals surface area (Å²) in [7, 11) is 0. The summed E-state index contributed by atoms with van der Waals surface area (Å²) < 4.78 is 18.0. The van der Waals surface area contributed by atoms with Crippen LogP contribution in [0.15, 0.2) is 18.2 Å². The zero-order chi connectivity index (χ0) is 12.0. The molecule has 0 heterocycles. The first kappa shape index (κ1) is 12.4. The van der Waals surface area contributed by atoms with Crippen LogP contribution in [-0.4, -0.2) is 25.7 Å². The molecule has 0 fully saturated rings. The fraction of sp³-hybridized carbons (Fsp3) is 0.364. The highest BCUT2D eigenvalue weighted by atomic mass is 19.1. The van der Waals surface area contributed by atoms with Crippen molar-refractivity contribution in [3.05, 3.63) is 29.6 Å². The van der Waals surface area contributed by atoms with Gasteiger partial charge in [0, 0.05) is 24.4 Å². The molecule has 5 heteroatoms.